The lowest BCUT2D eigenvalue weighted by atomic mass is 10.1. The molecule has 0 unspecified atom stereocenters. The van der Waals surface area contributed by atoms with Gasteiger partial charge < -0.3 is 4.42 Å². The van der Waals surface area contributed by atoms with Crippen LogP contribution >= 0.6 is 0 Å². The Morgan fingerprint density at radius 1 is 1.06 bits per heavy atom. The minimum absolute atomic E-state index is 0.0356. The summed E-state index contributed by atoms with van der Waals surface area (Å²) >= 11 is 0. The van der Waals surface area contributed by atoms with Crippen molar-refractivity contribution in [2.45, 2.75) is 25.7 Å². The fourth-order valence-corrected chi connectivity index (χ4v) is 3.92. The van der Waals surface area contributed by atoms with Gasteiger partial charge in [0.15, 0.2) is 11.3 Å². The first kappa shape index (κ1) is 20.4. The minimum Gasteiger partial charge on any atom is -0.464 e. The molecule has 0 fully saturated rings. The molecule has 8 heteroatoms. The molecule has 162 valence electrons. The van der Waals surface area contributed by atoms with E-state index in [0.29, 0.717) is 54.0 Å². The first-order valence-electron chi connectivity index (χ1n) is 10.1. The van der Waals surface area contributed by atoms with Gasteiger partial charge in [-0.3, -0.25) is 9.69 Å². The number of aromatic nitrogens is 2. The average molecular weight is 437 g/mol. The molecule has 0 saturated heterocycles. The summed E-state index contributed by atoms with van der Waals surface area (Å²) in [6, 6.07) is 12.0. The third-order valence-electron chi connectivity index (χ3n) is 5.63. The predicted octanol–water partition coefficient (Wildman–Crippen LogP) is 4.83. The summed E-state index contributed by atoms with van der Waals surface area (Å²) in [5.74, 6) is 0.404. The summed E-state index contributed by atoms with van der Waals surface area (Å²) < 4.78 is 43.9. The molecular weight excluding hydrogens is 419 g/mol. The molecule has 1 aliphatic heterocycles. The largest absolute Gasteiger partial charge is 0.464 e. The van der Waals surface area contributed by atoms with E-state index >= 15 is 0 Å². The Morgan fingerprint density at radius 2 is 1.84 bits per heavy atom. The molecule has 3 heterocycles. The normalized spacial score (nSPS) is 14.5. The van der Waals surface area contributed by atoms with Gasteiger partial charge in [-0.05, 0) is 24.3 Å². The predicted molar refractivity (Wildman–Crippen MR) is 113 cm³/mol. The van der Waals surface area contributed by atoms with Crippen molar-refractivity contribution >= 4 is 11.0 Å². The van der Waals surface area contributed by atoms with Crippen molar-refractivity contribution in [2.75, 3.05) is 6.54 Å². The SMILES string of the molecule is O=c1c(CN2CCc3nc(-c4ccc(C(F)(F)F)cc4)ncc3C2)coc2ccccc12. The van der Waals surface area contributed by atoms with Crippen LogP contribution in [0.4, 0.5) is 13.2 Å². The van der Waals surface area contributed by atoms with Gasteiger partial charge in [0.1, 0.15) is 5.58 Å². The Kier molecular flexibility index (Phi) is 5.01. The maximum atomic E-state index is 12.8. The number of halogens is 3. The summed E-state index contributed by atoms with van der Waals surface area (Å²) in [5, 5.41) is 0.562. The Morgan fingerprint density at radius 3 is 2.62 bits per heavy atom. The van der Waals surface area contributed by atoms with E-state index in [-0.39, 0.29) is 5.43 Å². The zero-order chi connectivity index (χ0) is 22.3. The second-order valence-electron chi connectivity index (χ2n) is 7.79. The summed E-state index contributed by atoms with van der Waals surface area (Å²) in [7, 11) is 0. The van der Waals surface area contributed by atoms with Gasteiger partial charge in [-0.25, -0.2) is 9.97 Å². The van der Waals surface area contributed by atoms with Crippen molar-refractivity contribution in [3.05, 3.63) is 93.6 Å². The summed E-state index contributed by atoms with van der Waals surface area (Å²) in [6.45, 7) is 1.73. The lowest BCUT2D eigenvalue weighted by molar-refractivity contribution is -0.137. The standard InChI is InChI=1S/C24H18F3N3O2/c25-24(26,27)18-7-5-15(6-8-18)23-28-11-16-12-30(10-9-20(16)29-23)13-17-14-32-21-4-2-1-3-19(21)22(17)31/h1-8,11,14H,9-10,12-13H2. The minimum atomic E-state index is -4.37. The Balaban J connectivity index is 1.34. The molecule has 0 spiro atoms. The van der Waals surface area contributed by atoms with E-state index in [1.54, 1.807) is 18.3 Å². The van der Waals surface area contributed by atoms with Crippen LogP contribution in [-0.4, -0.2) is 21.4 Å². The van der Waals surface area contributed by atoms with E-state index in [4.69, 9.17) is 4.42 Å². The molecule has 0 atom stereocenters. The van der Waals surface area contributed by atoms with Crippen molar-refractivity contribution in [2.24, 2.45) is 0 Å². The topological polar surface area (TPSA) is 59.2 Å². The van der Waals surface area contributed by atoms with Crippen LogP contribution in [0.2, 0.25) is 0 Å². The smallest absolute Gasteiger partial charge is 0.416 e. The van der Waals surface area contributed by atoms with Crippen molar-refractivity contribution in [3.8, 4) is 11.4 Å². The number of fused-ring (bicyclic) bond motifs is 2. The zero-order valence-electron chi connectivity index (χ0n) is 16.9. The molecule has 0 amide bonds. The molecule has 1 aliphatic rings. The molecule has 0 aliphatic carbocycles. The van der Waals surface area contributed by atoms with Crippen molar-refractivity contribution in [1.29, 1.82) is 0 Å². The highest BCUT2D eigenvalue weighted by Crippen LogP contribution is 2.30. The van der Waals surface area contributed by atoms with E-state index < -0.39 is 11.7 Å². The molecule has 0 radical (unpaired) electrons. The van der Waals surface area contributed by atoms with Crippen LogP contribution in [0.5, 0.6) is 0 Å². The number of rotatable bonds is 3. The van der Waals surface area contributed by atoms with Crippen LogP contribution in [0.25, 0.3) is 22.4 Å². The van der Waals surface area contributed by atoms with E-state index in [9.17, 15) is 18.0 Å². The van der Waals surface area contributed by atoms with Crippen molar-refractivity contribution < 1.29 is 17.6 Å². The van der Waals surface area contributed by atoms with Crippen LogP contribution in [0, 0.1) is 0 Å². The van der Waals surface area contributed by atoms with Gasteiger partial charge >= 0.3 is 6.18 Å². The maximum absolute atomic E-state index is 12.8. The van der Waals surface area contributed by atoms with Gasteiger partial charge in [0.25, 0.3) is 0 Å². The van der Waals surface area contributed by atoms with Gasteiger partial charge in [-0.15, -0.1) is 0 Å². The van der Waals surface area contributed by atoms with E-state index in [1.807, 2.05) is 12.1 Å². The van der Waals surface area contributed by atoms with Crippen LogP contribution in [-0.2, 0) is 25.7 Å². The highest BCUT2D eigenvalue weighted by molar-refractivity contribution is 5.76. The molecule has 4 aromatic rings. The highest BCUT2D eigenvalue weighted by Gasteiger charge is 2.30. The van der Waals surface area contributed by atoms with Gasteiger partial charge in [0, 0.05) is 48.9 Å². The quantitative estimate of drug-likeness (QED) is 0.460. The Labute approximate surface area is 181 Å². The molecule has 5 rings (SSSR count). The average Bonchev–Trinajstić information content (AvgIpc) is 2.80. The lowest BCUT2D eigenvalue weighted by Gasteiger charge is -2.27. The first-order valence-corrected chi connectivity index (χ1v) is 10.1. The van der Waals surface area contributed by atoms with Gasteiger partial charge in [0.05, 0.1) is 22.9 Å². The number of benzene rings is 2. The second-order valence-corrected chi connectivity index (χ2v) is 7.79. The molecule has 0 bridgehead atoms. The molecule has 32 heavy (non-hydrogen) atoms. The zero-order valence-corrected chi connectivity index (χ0v) is 16.9. The third-order valence-corrected chi connectivity index (χ3v) is 5.63. The second kappa shape index (κ2) is 7.87. The lowest BCUT2D eigenvalue weighted by Crippen LogP contribution is -2.32. The number of hydrogen-bond donors (Lipinski definition) is 0. The maximum Gasteiger partial charge on any atom is 0.416 e. The van der Waals surface area contributed by atoms with E-state index in [2.05, 4.69) is 14.9 Å². The van der Waals surface area contributed by atoms with Gasteiger partial charge in [0.2, 0.25) is 0 Å². The summed E-state index contributed by atoms with van der Waals surface area (Å²) in [5.41, 5.74) is 2.77. The Hall–Kier alpha value is -3.52. The van der Waals surface area contributed by atoms with Gasteiger partial charge in [-0.2, -0.15) is 13.2 Å². The van der Waals surface area contributed by atoms with Gasteiger partial charge in [-0.1, -0.05) is 24.3 Å². The summed E-state index contributed by atoms with van der Waals surface area (Å²) in [4.78, 5) is 23.8. The van der Waals surface area contributed by atoms with Crippen molar-refractivity contribution in [3.63, 3.8) is 0 Å². The Bertz CT molecular complexity index is 1350. The third kappa shape index (κ3) is 3.89. The highest BCUT2D eigenvalue weighted by atomic mass is 19.4. The fraction of sp³-hybridized carbons (Fsp3) is 0.208. The monoisotopic (exact) mass is 437 g/mol. The van der Waals surface area contributed by atoms with Crippen LogP contribution in [0.3, 0.4) is 0 Å². The van der Waals surface area contributed by atoms with Crippen LogP contribution in [0.15, 0.2) is 70.2 Å². The summed E-state index contributed by atoms with van der Waals surface area (Å²) in [6.07, 6.45) is -0.486. The fourth-order valence-electron chi connectivity index (χ4n) is 3.92. The number of alkyl halides is 3. The number of hydrogen-bond acceptors (Lipinski definition) is 5. The van der Waals surface area contributed by atoms with Crippen LogP contribution < -0.4 is 5.43 Å². The molecule has 0 N–H and O–H groups in total. The molecule has 0 saturated carbocycles. The van der Waals surface area contributed by atoms with E-state index in [0.717, 1.165) is 23.4 Å². The molecule has 2 aromatic heterocycles. The van der Waals surface area contributed by atoms with Crippen molar-refractivity contribution in [1.82, 2.24) is 14.9 Å². The number of nitrogens with zero attached hydrogens (tertiary/aromatic N) is 3. The molecule has 2 aromatic carbocycles. The first-order chi connectivity index (χ1) is 15.4. The van der Waals surface area contributed by atoms with Crippen LogP contribution in [0.1, 0.15) is 22.4 Å². The number of para-hydroxylation sites is 1. The molecule has 5 nitrogen and oxygen atoms in total. The van der Waals surface area contributed by atoms with E-state index in [1.165, 1.54) is 18.4 Å². The molecular formula is C24H18F3N3O2.